The first kappa shape index (κ1) is 13.3. The molecule has 16 heavy (non-hydrogen) atoms. The Labute approximate surface area is 91.1 Å². The van der Waals surface area contributed by atoms with Crippen molar-refractivity contribution in [1.82, 2.24) is 5.32 Å². The van der Waals surface area contributed by atoms with Gasteiger partial charge in [0.25, 0.3) is 0 Å². The lowest BCUT2D eigenvalue weighted by molar-refractivity contribution is -0.254. The number of aliphatic hydroxyl groups is 5. The lowest BCUT2D eigenvalue weighted by Crippen LogP contribution is -2.64. The Morgan fingerprint density at radius 3 is 2.31 bits per heavy atom. The number of nitrogens with one attached hydrogen (secondary N) is 1. The number of amides is 1. The highest BCUT2D eigenvalue weighted by Crippen LogP contribution is 2.19. The molecule has 1 aliphatic rings. The molecule has 5 atom stereocenters. The van der Waals surface area contributed by atoms with Crippen LogP contribution in [0.4, 0.5) is 0 Å². The van der Waals surface area contributed by atoms with Gasteiger partial charge in [-0.1, -0.05) is 0 Å². The van der Waals surface area contributed by atoms with Gasteiger partial charge in [0.05, 0.1) is 6.61 Å². The highest BCUT2D eigenvalue weighted by atomic mass is 16.6. The number of ether oxygens (including phenoxy) is 1. The van der Waals surface area contributed by atoms with E-state index < -0.39 is 49.8 Å². The molecule has 1 aliphatic heterocycles. The Balaban J connectivity index is 2.67. The van der Waals surface area contributed by atoms with Crippen molar-refractivity contribution in [3.63, 3.8) is 0 Å². The normalized spacial score (nSPS) is 39.4. The molecule has 8 nitrogen and oxygen atoms in total. The van der Waals surface area contributed by atoms with Crippen molar-refractivity contribution in [2.45, 2.75) is 30.6 Å². The first-order chi connectivity index (χ1) is 7.51. The molecule has 0 saturated carbocycles. The second kappa shape index (κ2) is 5.53. The van der Waals surface area contributed by atoms with Gasteiger partial charge in [0.2, 0.25) is 5.91 Å². The smallest absolute Gasteiger partial charge is 0.246 e. The maximum atomic E-state index is 10.9. The first-order valence-electron chi connectivity index (χ1n) is 4.72. The SMILES string of the molecule is O=C(CO)NC1C(O)OC(CO)C(O)C1O. The molecule has 0 aromatic heterocycles. The number of rotatable bonds is 3. The van der Waals surface area contributed by atoms with Crippen LogP contribution in [0.15, 0.2) is 0 Å². The van der Waals surface area contributed by atoms with Crippen LogP contribution in [-0.4, -0.2) is 75.3 Å². The fraction of sp³-hybridized carbons (Fsp3) is 0.875. The van der Waals surface area contributed by atoms with Crippen LogP contribution >= 0.6 is 0 Å². The van der Waals surface area contributed by atoms with Crippen LogP contribution in [0.2, 0.25) is 0 Å². The van der Waals surface area contributed by atoms with Gasteiger partial charge < -0.3 is 35.6 Å². The fourth-order valence-corrected chi connectivity index (χ4v) is 1.48. The summed E-state index contributed by atoms with van der Waals surface area (Å²) in [7, 11) is 0. The van der Waals surface area contributed by atoms with Crippen LogP contribution in [0.3, 0.4) is 0 Å². The predicted octanol–water partition coefficient (Wildman–Crippen LogP) is -4.11. The van der Waals surface area contributed by atoms with Crippen molar-refractivity contribution in [2.75, 3.05) is 13.2 Å². The molecule has 0 bridgehead atoms. The molecule has 0 aromatic carbocycles. The minimum absolute atomic E-state index is 0.573. The molecule has 5 unspecified atom stereocenters. The molecule has 1 fully saturated rings. The average molecular weight is 237 g/mol. The Morgan fingerprint density at radius 1 is 1.19 bits per heavy atom. The molecule has 1 heterocycles. The van der Waals surface area contributed by atoms with Gasteiger partial charge in [-0.05, 0) is 0 Å². The molecule has 0 aromatic rings. The van der Waals surface area contributed by atoms with Crippen LogP contribution in [-0.2, 0) is 9.53 Å². The van der Waals surface area contributed by atoms with E-state index >= 15 is 0 Å². The van der Waals surface area contributed by atoms with Crippen LogP contribution < -0.4 is 5.32 Å². The van der Waals surface area contributed by atoms with Crippen LogP contribution in [0.25, 0.3) is 0 Å². The van der Waals surface area contributed by atoms with E-state index in [0.717, 1.165) is 0 Å². The van der Waals surface area contributed by atoms with Gasteiger partial charge in [0.1, 0.15) is 31.0 Å². The summed E-state index contributed by atoms with van der Waals surface area (Å²) in [6, 6.07) is -1.25. The highest BCUT2D eigenvalue weighted by molar-refractivity contribution is 5.77. The molecular formula is C8H15NO7. The van der Waals surface area contributed by atoms with Gasteiger partial charge in [0.15, 0.2) is 6.29 Å². The van der Waals surface area contributed by atoms with E-state index in [4.69, 9.17) is 14.9 Å². The zero-order chi connectivity index (χ0) is 12.3. The molecule has 1 amide bonds. The van der Waals surface area contributed by atoms with Gasteiger partial charge in [-0.15, -0.1) is 0 Å². The number of hydrogen-bond donors (Lipinski definition) is 6. The second-order valence-electron chi connectivity index (χ2n) is 3.48. The number of hydrogen-bond acceptors (Lipinski definition) is 7. The van der Waals surface area contributed by atoms with Crippen molar-refractivity contribution < 1.29 is 35.1 Å². The van der Waals surface area contributed by atoms with Gasteiger partial charge in [-0.2, -0.15) is 0 Å². The van der Waals surface area contributed by atoms with Crippen molar-refractivity contribution in [2.24, 2.45) is 0 Å². The summed E-state index contributed by atoms with van der Waals surface area (Å²) < 4.78 is 4.78. The molecule has 0 aliphatic carbocycles. The molecule has 6 N–H and O–H groups in total. The monoisotopic (exact) mass is 237 g/mol. The summed E-state index contributed by atoms with van der Waals surface area (Å²) in [5.41, 5.74) is 0. The van der Waals surface area contributed by atoms with E-state index in [1.165, 1.54) is 0 Å². The Bertz CT molecular complexity index is 249. The maximum absolute atomic E-state index is 10.9. The van der Waals surface area contributed by atoms with E-state index in [9.17, 15) is 20.1 Å². The van der Waals surface area contributed by atoms with Crippen molar-refractivity contribution in [3.05, 3.63) is 0 Å². The number of carbonyl (C=O) groups is 1. The zero-order valence-electron chi connectivity index (χ0n) is 8.35. The Morgan fingerprint density at radius 2 is 1.81 bits per heavy atom. The third kappa shape index (κ3) is 2.67. The van der Waals surface area contributed by atoms with E-state index in [1.54, 1.807) is 0 Å². The van der Waals surface area contributed by atoms with E-state index in [0.29, 0.717) is 0 Å². The minimum Gasteiger partial charge on any atom is -0.394 e. The molecule has 1 rings (SSSR count). The number of carbonyl (C=O) groups excluding carboxylic acids is 1. The topological polar surface area (TPSA) is 139 Å². The fourth-order valence-electron chi connectivity index (χ4n) is 1.48. The van der Waals surface area contributed by atoms with Crippen molar-refractivity contribution in [3.8, 4) is 0 Å². The summed E-state index contributed by atoms with van der Waals surface area (Å²) in [6.07, 6.45) is -5.60. The van der Waals surface area contributed by atoms with Gasteiger partial charge in [0, 0.05) is 0 Å². The molecular weight excluding hydrogens is 222 g/mol. The van der Waals surface area contributed by atoms with E-state index in [2.05, 4.69) is 5.32 Å². The zero-order valence-corrected chi connectivity index (χ0v) is 8.35. The number of aliphatic hydroxyl groups excluding tert-OH is 5. The molecule has 8 heteroatoms. The van der Waals surface area contributed by atoms with E-state index in [-0.39, 0.29) is 0 Å². The summed E-state index contributed by atoms with van der Waals surface area (Å²) >= 11 is 0. The standard InChI is InChI=1S/C8H15NO7/c10-1-3-6(13)7(14)5(8(15)16-3)9-4(12)2-11/h3,5-8,10-11,13-15H,1-2H2,(H,9,12). The Kier molecular flexibility index (Phi) is 4.59. The Hall–Kier alpha value is -0.770. The third-order valence-corrected chi connectivity index (χ3v) is 2.37. The maximum Gasteiger partial charge on any atom is 0.246 e. The lowest BCUT2D eigenvalue weighted by Gasteiger charge is -2.40. The minimum atomic E-state index is -1.56. The lowest BCUT2D eigenvalue weighted by atomic mass is 9.97. The molecule has 1 saturated heterocycles. The van der Waals surface area contributed by atoms with Crippen molar-refractivity contribution >= 4 is 5.91 Å². The largest absolute Gasteiger partial charge is 0.394 e. The first-order valence-corrected chi connectivity index (χ1v) is 4.72. The summed E-state index contributed by atoms with van der Waals surface area (Å²) in [5, 5.41) is 47.8. The molecule has 0 spiro atoms. The molecule has 0 radical (unpaired) electrons. The van der Waals surface area contributed by atoms with Gasteiger partial charge in [-0.3, -0.25) is 4.79 Å². The van der Waals surface area contributed by atoms with Crippen molar-refractivity contribution in [1.29, 1.82) is 0 Å². The summed E-state index contributed by atoms with van der Waals surface area (Å²) in [4.78, 5) is 10.9. The van der Waals surface area contributed by atoms with Gasteiger partial charge in [-0.25, -0.2) is 0 Å². The molecule has 94 valence electrons. The summed E-state index contributed by atoms with van der Waals surface area (Å²) in [5.74, 6) is -0.818. The highest BCUT2D eigenvalue weighted by Gasteiger charge is 2.44. The average Bonchev–Trinajstić information content (AvgIpc) is 2.28. The van der Waals surface area contributed by atoms with Crippen LogP contribution in [0.1, 0.15) is 0 Å². The third-order valence-electron chi connectivity index (χ3n) is 2.37. The summed E-state index contributed by atoms with van der Waals surface area (Å²) in [6.45, 7) is -1.38. The predicted molar refractivity (Wildman–Crippen MR) is 49.0 cm³/mol. The van der Waals surface area contributed by atoms with Gasteiger partial charge >= 0.3 is 0 Å². The quantitative estimate of drug-likeness (QED) is 0.293. The second-order valence-corrected chi connectivity index (χ2v) is 3.48. The van der Waals surface area contributed by atoms with E-state index in [1.807, 2.05) is 0 Å². The van der Waals surface area contributed by atoms with Crippen LogP contribution in [0.5, 0.6) is 0 Å². The van der Waals surface area contributed by atoms with Crippen LogP contribution in [0, 0.1) is 0 Å².